The Labute approximate surface area is 164 Å². The minimum atomic E-state index is -0.424. The minimum Gasteiger partial charge on any atom is -0.398 e. The monoisotopic (exact) mass is 401 g/mol. The van der Waals surface area contributed by atoms with Crippen molar-refractivity contribution in [3.05, 3.63) is 63.4 Å². The number of hydrogen-bond donors (Lipinski definition) is 3. The standard InChI is InChI=1S/C18H16ClN5O2S/c1-10-6-7-14(12(19)8-10)21-15(25)9-27-18-22-17(26)16(23-24-18)11-4-2-3-5-13(11)20/h2-8H,9,20H2,1H3,(H,21,25)(H,22,24,26). The molecule has 1 heterocycles. The first kappa shape index (κ1) is 18.9. The van der Waals surface area contributed by atoms with E-state index in [1.54, 1.807) is 36.4 Å². The number of carbonyl (C=O) groups is 1. The number of nitrogens with one attached hydrogen (secondary N) is 2. The summed E-state index contributed by atoms with van der Waals surface area (Å²) in [6.07, 6.45) is 0. The predicted molar refractivity (Wildman–Crippen MR) is 108 cm³/mol. The summed E-state index contributed by atoms with van der Waals surface area (Å²) in [4.78, 5) is 27.0. The SMILES string of the molecule is Cc1ccc(NC(=O)CSc2nnc(-c3ccccc3N)c(=O)[nH]2)c(Cl)c1. The van der Waals surface area contributed by atoms with Crippen molar-refractivity contribution >= 4 is 40.6 Å². The highest BCUT2D eigenvalue weighted by atomic mass is 35.5. The van der Waals surface area contributed by atoms with Crippen LogP contribution < -0.4 is 16.6 Å². The molecule has 9 heteroatoms. The summed E-state index contributed by atoms with van der Waals surface area (Å²) in [6.45, 7) is 1.91. The number of rotatable bonds is 5. The molecule has 0 aliphatic rings. The summed E-state index contributed by atoms with van der Waals surface area (Å²) >= 11 is 7.16. The molecule has 0 aliphatic carbocycles. The number of nitrogens with two attached hydrogens (primary N) is 1. The van der Waals surface area contributed by atoms with Crippen molar-refractivity contribution in [1.29, 1.82) is 0 Å². The van der Waals surface area contributed by atoms with Gasteiger partial charge in [0.1, 0.15) is 0 Å². The molecule has 0 fully saturated rings. The van der Waals surface area contributed by atoms with Gasteiger partial charge in [-0.3, -0.25) is 14.6 Å². The lowest BCUT2D eigenvalue weighted by Gasteiger charge is -2.08. The number of aryl methyl sites for hydroxylation is 1. The van der Waals surface area contributed by atoms with Gasteiger partial charge in [-0.25, -0.2) is 0 Å². The van der Waals surface area contributed by atoms with Crippen LogP contribution in [0.2, 0.25) is 5.02 Å². The Morgan fingerprint density at radius 1 is 1.26 bits per heavy atom. The third kappa shape index (κ3) is 4.66. The number of nitrogens with zero attached hydrogens (tertiary/aromatic N) is 2. The van der Waals surface area contributed by atoms with Crippen LogP contribution >= 0.6 is 23.4 Å². The van der Waals surface area contributed by atoms with Crippen LogP contribution in [-0.4, -0.2) is 26.8 Å². The fraction of sp³-hybridized carbons (Fsp3) is 0.111. The number of carbonyl (C=O) groups excluding carboxylic acids is 1. The van der Waals surface area contributed by atoms with Gasteiger partial charge in [-0.15, -0.1) is 10.2 Å². The van der Waals surface area contributed by atoms with Crippen molar-refractivity contribution in [2.75, 3.05) is 16.8 Å². The topological polar surface area (TPSA) is 114 Å². The summed E-state index contributed by atoms with van der Waals surface area (Å²) in [5, 5.41) is 11.3. The number of aromatic amines is 1. The quantitative estimate of drug-likeness (QED) is 0.447. The van der Waals surface area contributed by atoms with Crippen molar-refractivity contribution < 1.29 is 4.79 Å². The number of thioether (sulfide) groups is 1. The van der Waals surface area contributed by atoms with Crippen LogP contribution in [0, 0.1) is 6.92 Å². The maximum atomic E-state index is 12.3. The van der Waals surface area contributed by atoms with Crippen molar-refractivity contribution in [1.82, 2.24) is 15.2 Å². The van der Waals surface area contributed by atoms with Gasteiger partial charge in [-0.05, 0) is 30.7 Å². The molecule has 3 aromatic rings. The van der Waals surface area contributed by atoms with Crippen LogP contribution in [0.1, 0.15) is 5.56 Å². The molecule has 0 spiro atoms. The van der Waals surface area contributed by atoms with Crippen LogP contribution in [0.4, 0.5) is 11.4 Å². The molecule has 27 heavy (non-hydrogen) atoms. The highest BCUT2D eigenvalue weighted by Gasteiger charge is 2.12. The largest absolute Gasteiger partial charge is 0.398 e. The average molecular weight is 402 g/mol. The third-order valence-corrected chi connectivity index (χ3v) is 4.81. The van der Waals surface area contributed by atoms with E-state index >= 15 is 0 Å². The summed E-state index contributed by atoms with van der Waals surface area (Å²) in [5.41, 5.74) is 8.05. The van der Waals surface area contributed by atoms with Gasteiger partial charge in [0.05, 0.1) is 16.5 Å². The Bertz CT molecular complexity index is 1050. The van der Waals surface area contributed by atoms with Gasteiger partial charge >= 0.3 is 0 Å². The highest BCUT2D eigenvalue weighted by Crippen LogP contribution is 2.23. The zero-order chi connectivity index (χ0) is 19.4. The molecule has 0 unspecified atom stereocenters. The van der Waals surface area contributed by atoms with E-state index in [-0.39, 0.29) is 22.5 Å². The fourth-order valence-electron chi connectivity index (χ4n) is 2.32. The molecule has 7 nitrogen and oxygen atoms in total. The molecule has 4 N–H and O–H groups in total. The predicted octanol–water partition coefficient (Wildman–Crippen LogP) is 3.11. The fourth-order valence-corrected chi connectivity index (χ4v) is 3.20. The number of halogens is 1. The van der Waals surface area contributed by atoms with Crippen LogP contribution in [0.3, 0.4) is 0 Å². The summed E-state index contributed by atoms with van der Waals surface area (Å²) in [5.74, 6) is -0.230. The van der Waals surface area contributed by atoms with Crippen molar-refractivity contribution in [3.8, 4) is 11.3 Å². The summed E-state index contributed by atoms with van der Waals surface area (Å²) in [7, 11) is 0. The molecule has 0 aliphatic heterocycles. The van der Waals surface area contributed by atoms with Gasteiger partial charge in [-0.2, -0.15) is 0 Å². The molecular weight excluding hydrogens is 386 g/mol. The summed E-state index contributed by atoms with van der Waals surface area (Å²) < 4.78 is 0. The first-order valence-electron chi connectivity index (χ1n) is 7.94. The molecular formula is C18H16ClN5O2S. The number of H-pyrrole nitrogens is 1. The smallest absolute Gasteiger partial charge is 0.278 e. The van der Waals surface area contributed by atoms with E-state index in [9.17, 15) is 9.59 Å². The van der Waals surface area contributed by atoms with E-state index in [1.165, 1.54) is 0 Å². The van der Waals surface area contributed by atoms with E-state index in [0.717, 1.165) is 17.3 Å². The molecule has 2 aromatic carbocycles. The number of amides is 1. The van der Waals surface area contributed by atoms with Gasteiger partial charge < -0.3 is 11.1 Å². The van der Waals surface area contributed by atoms with Gasteiger partial charge in [0.15, 0.2) is 10.9 Å². The molecule has 0 atom stereocenters. The second-order valence-electron chi connectivity index (χ2n) is 5.72. The zero-order valence-electron chi connectivity index (χ0n) is 14.3. The van der Waals surface area contributed by atoms with E-state index in [4.69, 9.17) is 17.3 Å². The number of aromatic nitrogens is 3. The van der Waals surface area contributed by atoms with E-state index < -0.39 is 5.56 Å². The number of hydrogen-bond acceptors (Lipinski definition) is 6. The average Bonchev–Trinajstić information content (AvgIpc) is 2.63. The first-order valence-corrected chi connectivity index (χ1v) is 9.31. The van der Waals surface area contributed by atoms with Crippen molar-refractivity contribution in [3.63, 3.8) is 0 Å². The van der Waals surface area contributed by atoms with E-state index in [1.807, 2.05) is 13.0 Å². The molecule has 138 valence electrons. The number of para-hydroxylation sites is 1. The summed E-state index contributed by atoms with van der Waals surface area (Å²) in [6, 6.07) is 12.3. The maximum absolute atomic E-state index is 12.3. The van der Waals surface area contributed by atoms with E-state index in [2.05, 4.69) is 20.5 Å². The number of nitrogen functional groups attached to an aromatic ring is 1. The van der Waals surface area contributed by atoms with E-state index in [0.29, 0.717) is 22.0 Å². The Kier molecular flexibility index (Phi) is 5.78. The van der Waals surface area contributed by atoms with Gasteiger partial charge in [0, 0.05) is 11.3 Å². The molecule has 0 bridgehead atoms. The zero-order valence-corrected chi connectivity index (χ0v) is 15.9. The Morgan fingerprint density at radius 2 is 2.04 bits per heavy atom. The lowest BCUT2D eigenvalue weighted by Crippen LogP contribution is -2.17. The number of anilines is 2. The molecule has 0 saturated carbocycles. The Morgan fingerprint density at radius 3 is 2.74 bits per heavy atom. The third-order valence-electron chi connectivity index (χ3n) is 3.63. The maximum Gasteiger partial charge on any atom is 0.278 e. The van der Waals surface area contributed by atoms with Crippen LogP contribution in [0.25, 0.3) is 11.3 Å². The minimum absolute atomic E-state index is 0.0433. The lowest BCUT2D eigenvalue weighted by molar-refractivity contribution is -0.113. The number of benzene rings is 2. The Balaban J connectivity index is 1.66. The lowest BCUT2D eigenvalue weighted by atomic mass is 10.1. The second kappa shape index (κ2) is 8.24. The molecule has 0 radical (unpaired) electrons. The molecule has 1 aromatic heterocycles. The van der Waals surface area contributed by atoms with Gasteiger partial charge in [-0.1, -0.05) is 47.6 Å². The normalized spacial score (nSPS) is 10.6. The van der Waals surface area contributed by atoms with Crippen LogP contribution in [0.15, 0.2) is 52.4 Å². The van der Waals surface area contributed by atoms with Gasteiger partial charge in [0.2, 0.25) is 5.91 Å². The van der Waals surface area contributed by atoms with Crippen molar-refractivity contribution in [2.45, 2.75) is 12.1 Å². The van der Waals surface area contributed by atoms with Crippen LogP contribution in [-0.2, 0) is 4.79 Å². The molecule has 3 rings (SSSR count). The second-order valence-corrected chi connectivity index (χ2v) is 7.09. The van der Waals surface area contributed by atoms with Crippen LogP contribution in [0.5, 0.6) is 0 Å². The van der Waals surface area contributed by atoms with Gasteiger partial charge in [0.25, 0.3) is 5.56 Å². The molecule has 0 saturated heterocycles. The first-order chi connectivity index (χ1) is 12.9. The molecule has 1 amide bonds. The highest BCUT2D eigenvalue weighted by molar-refractivity contribution is 7.99. The Hall–Kier alpha value is -2.84. The van der Waals surface area contributed by atoms with Crippen molar-refractivity contribution in [2.24, 2.45) is 0 Å².